The van der Waals surface area contributed by atoms with Crippen LogP contribution in [0.2, 0.25) is 0 Å². The summed E-state index contributed by atoms with van der Waals surface area (Å²) in [5.41, 5.74) is 3.77. The number of carbonyl (C=O) groups excluding carboxylic acids is 1. The maximum Gasteiger partial charge on any atom is 0.277 e. The summed E-state index contributed by atoms with van der Waals surface area (Å²) < 4.78 is 3.17. The molecule has 4 aromatic rings. The Morgan fingerprint density at radius 2 is 2.00 bits per heavy atom. The third kappa shape index (κ3) is 2.59. The number of nitrogens with one attached hydrogen (secondary N) is 2. The summed E-state index contributed by atoms with van der Waals surface area (Å²) in [6, 6.07) is 6.93. The van der Waals surface area contributed by atoms with Gasteiger partial charge in [0.1, 0.15) is 0 Å². The molecule has 0 radical (unpaired) electrons. The monoisotopic (exact) mass is 365 g/mol. The molecule has 0 aliphatic rings. The molecule has 9 nitrogen and oxygen atoms in total. The van der Waals surface area contributed by atoms with Crippen molar-refractivity contribution in [2.24, 2.45) is 7.05 Å². The van der Waals surface area contributed by atoms with Crippen LogP contribution >= 0.6 is 0 Å². The van der Waals surface area contributed by atoms with Crippen LogP contribution in [0.1, 0.15) is 40.4 Å². The molecular weight excluding hydrogens is 346 g/mol. The van der Waals surface area contributed by atoms with Crippen molar-refractivity contribution in [3.05, 3.63) is 57.3 Å². The van der Waals surface area contributed by atoms with Crippen molar-refractivity contribution in [3.63, 3.8) is 0 Å². The molecule has 0 aliphatic heterocycles. The number of hydrogen-bond acceptors (Lipinski definition) is 5. The lowest BCUT2D eigenvalue weighted by atomic mass is 10.1. The van der Waals surface area contributed by atoms with Gasteiger partial charge in [0.2, 0.25) is 0 Å². The first-order valence-corrected chi connectivity index (χ1v) is 8.56. The molecule has 4 rings (SSSR count). The van der Waals surface area contributed by atoms with Crippen LogP contribution in [-0.4, -0.2) is 35.5 Å². The second-order valence-electron chi connectivity index (χ2n) is 6.57. The molecule has 138 valence electrons. The zero-order valence-electron chi connectivity index (χ0n) is 15.4. The number of fused-ring (bicyclic) bond motifs is 3. The lowest BCUT2D eigenvalue weighted by Crippen LogP contribution is -2.29. The number of aromatic nitrogens is 6. The predicted octanol–water partition coefficient (Wildman–Crippen LogP) is 1.41. The van der Waals surface area contributed by atoms with Crippen LogP contribution in [0.5, 0.6) is 0 Å². The van der Waals surface area contributed by atoms with Crippen molar-refractivity contribution in [1.29, 1.82) is 0 Å². The van der Waals surface area contributed by atoms with Crippen LogP contribution in [0.3, 0.4) is 0 Å². The van der Waals surface area contributed by atoms with Gasteiger partial charge in [0, 0.05) is 18.3 Å². The maximum absolute atomic E-state index is 12.8. The van der Waals surface area contributed by atoms with Crippen molar-refractivity contribution in [3.8, 4) is 0 Å². The molecule has 0 fully saturated rings. The summed E-state index contributed by atoms with van der Waals surface area (Å²) in [5, 5.41) is 15.3. The van der Waals surface area contributed by atoms with Gasteiger partial charge in [0.15, 0.2) is 11.2 Å². The average molecular weight is 365 g/mol. The van der Waals surface area contributed by atoms with Gasteiger partial charge < -0.3 is 10.3 Å². The summed E-state index contributed by atoms with van der Waals surface area (Å²) in [7, 11) is 1.86. The molecule has 9 heteroatoms. The lowest BCUT2D eigenvalue weighted by molar-refractivity contribution is 0.0936. The van der Waals surface area contributed by atoms with E-state index in [9.17, 15) is 9.59 Å². The first-order valence-electron chi connectivity index (χ1n) is 8.56. The molecule has 2 N–H and O–H groups in total. The molecule has 0 unspecified atom stereocenters. The van der Waals surface area contributed by atoms with Crippen LogP contribution in [0.4, 0.5) is 0 Å². The fourth-order valence-corrected chi connectivity index (χ4v) is 3.51. The van der Waals surface area contributed by atoms with Crippen LogP contribution in [0.15, 0.2) is 29.1 Å². The fraction of sp³-hybridized carbons (Fsp3) is 0.278. The number of amides is 1. The highest BCUT2D eigenvalue weighted by Gasteiger charge is 2.23. The number of hydrogen-bond donors (Lipinski definition) is 2. The van der Waals surface area contributed by atoms with E-state index < -0.39 is 11.5 Å². The summed E-state index contributed by atoms with van der Waals surface area (Å²) in [5.74, 6) is -0.457. The molecule has 1 aromatic carbocycles. The normalized spacial score (nSPS) is 12.6. The van der Waals surface area contributed by atoms with Crippen molar-refractivity contribution in [2.75, 3.05) is 0 Å². The number of aromatic amines is 1. The number of para-hydroxylation sites is 2. The van der Waals surface area contributed by atoms with E-state index in [0.717, 1.165) is 17.0 Å². The Morgan fingerprint density at radius 1 is 1.26 bits per heavy atom. The summed E-state index contributed by atoms with van der Waals surface area (Å²) in [6.45, 7) is 5.72. The minimum atomic E-state index is -0.457. The first-order chi connectivity index (χ1) is 12.9. The highest BCUT2D eigenvalue weighted by molar-refractivity contribution is 5.99. The van der Waals surface area contributed by atoms with Gasteiger partial charge in [-0.2, -0.15) is 5.10 Å². The molecule has 0 saturated carbocycles. The standard InChI is InChI=1S/C18H19N7O2/c1-9(14-10(2)22-24(4)11(14)3)19-17(26)15-16-18(27)20-12-7-5-6-8-13(12)25(16)23-21-15/h5-9H,1-4H3,(H,19,26)(H,20,27)/t9-/m0/s1. The minimum Gasteiger partial charge on any atom is -0.344 e. The van der Waals surface area contributed by atoms with E-state index in [0.29, 0.717) is 11.0 Å². The Labute approximate surface area is 154 Å². The Bertz CT molecular complexity index is 1250. The third-order valence-corrected chi connectivity index (χ3v) is 4.83. The van der Waals surface area contributed by atoms with E-state index >= 15 is 0 Å². The van der Waals surface area contributed by atoms with Gasteiger partial charge in [-0.1, -0.05) is 17.3 Å². The van der Waals surface area contributed by atoms with Crippen LogP contribution < -0.4 is 10.9 Å². The molecule has 1 atom stereocenters. The van der Waals surface area contributed by atoms with Crippen molar-refractivity contribution in [2.45, 2.75) is 26.8 Å². The van der Waals surface area contributed by atoms with E-state index in [1.165, 1.54) is 4.52 Å². The summed E-state index contributed by atoms with van der Waals surface area (Å²) in [6.07, 6.45) is 0. The number of benzene rings is 1. The van der Waals surface area contributed by atoms with Crippen molar-refractivity contribution >= 4 is 22.5 Å². The summed E-state index contributed by atoms with van der Waals surface area (Å²) >= 11 is 0. The molecule has 3 heterocycles. The van der Waals surface area contributed by atoms with E-state index in [1.54, 1.807) is 16.8 Å². The van der Waals surface area contributed by atoms with Crippen molar-refractivity contribution < 1.29 is 4.79 Å². The van der Waals surface area contributed by atoms with Gasteiger partial charge in [-0.3, -0.25) is 14.3 Å². The van der Waals surface area contributed by atoms with E-state index in [1.807, 2.05) is 40.0 Å². The zero-order valence-corrected chi connectivity index (χ0v) is 15.4. The van der Waals surface area contributed by atoms with E-state index in [2.05, 4.69) is 25.7 Å². The van der Waals surface area contributed by atoms with Crippen LogP contribution in [-0.2, 0) is 7.05 Å². The maximum atomic E-state index is 12.8. The van der Waals surface area contributed by atoms with Gasteiger partial charge >= 0.3 is 0 Å². The topological polar surface area (TPSA) is 110 Å². The molecule has 3 aromatic heterocycles. The van der Waals surface area contributed by atoms with Gasteiger partial charge in [-0.25, -0.2) is 4.52 Å². The number of nitrogens with zero attached hydrogens (tertiary/aromatic N) is 5. The minimum absolute atomic E-state index is 0.00644. The molecule has 27 heavy (non-hydrogen) atoms. The van der Waals surface area contributed by atoms with Gasteiger partial charge in [0.25, 0.3) is 11.5 Å². The van der Waals surface area contributed by atoms with E-state index in [-0.39, 0.29) is 17.3 Å². The average Bonchev–Trinajstić information content (AvgIpc) is 3.17. The quantitative estimate of drug-likeness (QED) is 0.570. The largest absolute Gasteiger partial charge is 0.344 e. The summed E-state index contributed by atoms with van der Waals surface area (Å²) in [4.78, 5) is 28.1. The van der Waals surface area contributed by atoms with Gasteiger partial charge in [-0.05, 0) is 32.9 Å². The van der Waals surface area contributed by atoms with Crippen LogP contribution in [0.25, 0.3) is 16.6 Å². The van der Waals surface area contributed by atoms with Crippen molar-refractivity contribution in [1.82, 2.24) is 34.9 Å². The zero-order chi connectivity index (χ0) is 19.3. The SMILES string of the molecule is Cc1nn(C)c(C)c1[C@H](C)NC(=O)c1nnn2c1c(=O)[nH]c1ccccc12. The number of rotatable bonds is 3. The fourth-order valence-electron chi connectivity index (χ4n) is 3.51. The van der Waals surface area contributed by atoms with Gasteiger partial charge in [0.05, 0.1) is 22.8 Å². The molecule has 0 bridgehead atoms. The van der Waals surface area contributed by atoms with Crippen LogP contribution in [0, 0.1) is 13.8 Å². The molecule has 0 aliphatic carbocycles. The van der Waals surface area contributed by atoms with Gasteiger partial charge in [-0.15, -0.1) is 5.10 Å². The molecular formula is C18H19N7O2. The Kier molecular flexibility index (Phi) is 3.79. The third-order valence-electron chi connectivity index (χ3n) is 4.83. The molecule has 0 spiro atoms. The number of carbonyl (C=O) groups is 1. The van der Waals surface area contributed by atoms with E-state index in [4.69, 9.17) is 0 Å². The predicted molar refractivity (Wildman–Crippen MR) is 99.7 cm³/mol. The second kappa shape index (κ2) is 6.04. The Balaban J connectivity index is 1.75. The smallest absolute Gasteiger partial charge is 0.277 e. The Morgan fingerprint density at radius 3 is 2.70 bits per heavy atom. The Hall–Kier alpha value is -3.49. The second-order valence-corrected chi connectivity index (χ2v) is 6.57. The first kappa shape index (κ1) is 17.0. The number of H-pyrrole nitrogens is 1. The lowest BCUT2D eigenvalue weighted by Gasteiger charge is -2.14. The highest BCUT2D eigenvalue weighted by Crippen LogP contribution is 2.21. The number of aryl methyl sites for hydroxylation is 2. The molecule has 0 saturated heterocycles. The highest BCUT2D eigenvalue weighted by atomic mass is 16.2. The molecule has 1 amide bonds.